The van der Waals surface area contributed by atoms with Gasteiger partial charge in [0.1, 0.15) is 18.1 Å². The van der Waals surface area contributed by atoms with E-state index in [-0.39, 0.29) is 12.3 Å². The van der Waals surface area contributed by atoms with E-state index in [0.717, 1.165) is 16.5 Å². The minimum absolute atomic E-state index is 0.136. The minimum atomic E-state index is -1.51. The van der Waals surface area contributed by atoms with Crippen LogP contribution in [0, 0.1) is 11.8 Å². The molecule has 0 bridgehead atoms. The van der Waals surface area contributed by atoms with Crippen LogP contribution in [0.2, 0.25) is 0 Å². The first-order valence-electron chi connectivity index (χ1n) is 12.0. The maximum atomic E-state index is 13.4. The van der Waals surface area contributed by atoms with Crippen LogP contribution in [0.4, 0.5) is 0 Å². The largest absolute Gasteiger partial charge is 0.480 e. The van der Waals surface area contributed by atoms with Crippen LogP contribution in [0.25, 0.3) is 10.9 Å². The van der Waals surface area contributed by atoms with Crippen molar-refractivity contribution < 1.29 is 29.4 Å². The Morgan fingerprint density at radius 2 is 1.58 bits per heavy atom. The fraction of sp³-hybridized carbons (Fsp3) is 0.520. The van der Waals surface area contributed by atoms with Gasteiger partial charge in [-0.15, -0.1) is 0 Å². The van der Waals surface area contributed by atoms with Gasteiger partial charge in [-0.1, -0.05) is 45.9 Å². The number of para-hydroxylation sites is 1. The third kappa shape index (κ3) is 7.79. The summed E-state index contributed by atoms with van der Waals surface area (Å²) in [4.78, 5) is 53.3. The van der Waals surface area contributed by atoms with Crippen LogP contribution < -0.4 is 21.7 Å². The summed E-state index contributed by atoms with van der Waals surface area (Å²) in [5.74, 6) is -3.49. The molecule has 1 heterocycles. The molecule has 2 aromatic rings. The van der Waals surface area contributed by atoms with Crippen LogP contribution in [-0.2, 0) is 25.6 Å². The van der Waals surface area contributed by atoms with E-state index < -0.39 is 60.4 Å². The normalized spacial score (nSPS) is 14.8. The van der Waals surface area contributed by atoms with Crippen molar-refractivity contribution in [2.24, 2.45) is 17.6 Å². The number of fused-ring (bicyclic) bond motifs is 1. The van der Waals surface area contributed by atoms with Crippen molar-refractivity contribution in [3.05, 3.63) is 36.0 Å². The number of nitrogens with two attached hydrogens (primary N) is 1. The van der Waals surface area contributed by atoms with Crippen molar-refractivity contribution in [3.8, 4) is 0 Å². The lowest BCUT2D eigenvalue weighted by Crippen LogP contribution is -2.59. The van der Waals surface area contributed by atoms with Gasteiger partial charge in [0, 0.05) is 23.5 Å². The number of benzene rings is 1. The average Bonchev–Trinajstić information content (AvgIpc) is 3.22. The van der Waals surface area contributed by atoms with Crippen molar-refractivity contribution in [2.75, 3.05) is 6.61 Å². The van der Waals surface area contributed by atoms with Crippen LogP contribution in [-0.4, -0.2) is 69.7 Å². The lowest BCUT2D eigenvalue weighted by molar-refractivity contribution is -0.143. The number of rotatable bonds is 13. The Labute approximate surface area is 210 Å². The van der Waals surface area contributed by atoms with Crippen molar-refractivity contribution in [2.45, 2.75) is 64.7 Å². The van der Waals surface area contributed by atoms with E-state index in [4.69, 9.17) is 10.8 Å². The molecule has 0 fully saturated rings. The zero-order valence-electron chi connectivity index (χ0n) is 21.1. The number of aliphatic hydroxyl groups is 1. The predicted molar refractivity (Wildman–Crippen MR) is 135 cm³/mol. The van der Waals surface area contributed by atoms with Crippen molar-refractivity contribution >= 4 is 34.6 Å². The molecule has 36 heavy (non-hydrogen) atoms. The van der Waals surface area contributed by atoms with Gasteiger partial charge in [-0.05, 0) is 29.9 Å². The molecular weight excluding hydrogens is 466 g/mol. The number of hydrogen-bond acceptors (Lipinski definition) is 6. The molecule has 8 N–H and O–H groups in total. The number of aliphatic hydroxyl groups excluding tert-OH is 1. The molecule has 0 aliphatic carbocycles. The standard InChI is InChI=1S/C25H37N5O6/c1-13(2)9-17(26)22(32)28-19(10-15-11-27-18-8-6-5-7-16(15)18)23(33)30-21(14(3)4)24(34)29-20(12-31)25(35)36/h5-8,11,13-14,17,19-21,27,31H,9-10,12,26H2,1-4H3,(H,28,32)(H,29,34)(H,30,33)(H,35,36). The summed E-state index contributed by atoms with van der Waals surface area (Å²) in [6.45, 7) is 6.45. The molecule has 0 aliphatic rings. The molecule has 3 amide bonds. The molecule has 11 heteroatoms. The van der Waals surface area contributed by atoms with E-state index in [1.807, 2.05) is 38.1 Å². The van der Waals surface area contributed by atoms with Gasteiger partial charge in [-0.3, -0.25) is 14.4 Å². The summed E-state index contributed by atoms with van der Waals surface area (Å²) in [7, 11) is 0. The van der Waals surface area contributed by atoms with E-state index in [9.17, 15) is 24.3 Å². The second kappa shape index (κ2) is 13.0. The van der Waals surface area contributed by atoms with Crippen molar-refractivity contribution in [1.82, 2.24) is 20.9 Å². The summed E-state index contributed by atoms with van der Waals surface area (Å²) in [5.41, 5.74) is 7.70. The summed E-state index contributed by atoms with van der Waals surface area (Å²) < 4.78 is 0. The molecule has 0 spiro atoms. The average molecular weight is 504 g/mol. The summed E-state index contributed by atoms with van der Waals surface area (Å²) in [6.07, 6.45) is 2.33. The van der Waals surface area contributed by atoms with Gasteiger partial charge in [-0.25, -0.2) is 4.79 Å². The highest BCUT2D eigenvalue weighted by Crippen LogP contribution is 2.19. The van der Waals surface area contributed by atoms with E-state index in [1.54, 1.807) is 20.0 Å². The Morgan fingerprint density at radius 1 is 0.944 bits per heavy atom. The highest BCUT2D eigenvalue weighted by atomic mass is 16.4. The fourth-order valence-electron chi connectivity index (χ4n) is 3.86. The predicted octanol–water partition coefficient (Wildman–Crippen LogP) is 0.271. The number of amides is 3. The third-order valence-corrected chi connectivity index (χ3v) is 5.84. The van der Waals surface area contributed by atoms with Gasteiger partial charge in [0.15, 0.2) is 0 Å². The molecule has 0 radical (unpaired) electrons. The number of carbonyl (C=O) groups is 4. The summed E-state index contributed by atoms with van der Waals surface area (Å²) in [5, 5.41) is 26.8. The van der Waals surface area contributed by atoms with E-state index in [1.165, 1.54) is 0 Å². The lowest BCUT2D eigenvalue weighted by atomic mass is 9.99. The highest BCUT2D eigenvalue weighted by Gasteiger charge is 2.32. The first-order chi connectivity index (χ1) is 16.9. The Morgan fingerprint density at radius 3 is 2.17 bits per heavy atom. The molecule has 4 atom stereocenters. The Kier molecular flexibility index (Phi) is 10.4. The second-order valence-corrected chi connectivity index (χ2v) is 9.67. The monoisotopic (exact) mass is 503 g/mol. The smallest absolute Gasteiger partial charge is 0.328 e. The maximum Gasteiger partial charge on any atom is 0.328 e. The zero-order valence-corrected chi connectivity index (χ0v) is 21.1. The number of nitrogens with one attached hydrogen (secondary N) is 4. The molecule has 198 valence electrons. The summed E-state index contributed by atoms with van der Waals surface area (Å²) in [6, 6.07) is 3.07. The molecule has 4 unspecified atom stereocenters. The number of hydrogen-bond donors (Lipinski definition) is 7. The fourth-order valence-corrected chi connectivity index (χ4v) is 3.86. The molecular formula is C25H37N5O6. The van der Waals surface area contributed by atoms with Crippen LogP contribution >= 0.6 is 0 Å². The zero-order chi connectivity index (χ0) is 27.0. The van der Waals surface area contributed by atoms with Gasteiger partial charge in [-0.2, -0.15) is 0 Å². The number of aliphatic carboxylic acids is 1. The van der Waals surface area contributed by atoms with Gasteiger partial charge >= 0.3 is 5.97 Å². The van der Waals surface area contributed by atoms with E-state index in [2.05, 4.69) is 20.9 Å². The van der Waals surface area contributed by atoms with Crippen LogP contribution in [0.5, 0.6) is 0 Å². The molecule has 1 aromatic heterocycles. The Balaban J connectivity index is 2.28. The number of aromatic nitrogens is 1. The van der Waals surface area contributed by atoms with Gasteiger partial charge in [0.05, 0.1) is 12.6 Å². The number of carbonyl (C=O) groups excluding carboxylic acids is 3. The number of H-pyrrole nitrogens is 1. The summed E-state index contributed by atoms with van der Waals surface area (Å²) >= 11 is 0. The molecule has 0 saturated carbocycles. The maximum absolute atomic E-state index is 13.4. The third-order valence-electron chi connectivity index (χ3n) is 5.84. The number of carboxylic acid groups (broad SMARTS) is 1. The number of aromatic amines is 1. The van der Waals surface area contributed by atoms with Crippen molar-refractivity contribution in [1.29, 1.82) is 0 Å². The SMILES string of the molecule is CC(C)CC(N)C(=O)NC(Cc1c[nH]c2ccccc12)C(=O)NC(C(=O)NC(CO)C(=O)O)C(C)C. The van der Waals surface area contributed by atoms with Crippen molar-refractivity contribution in [3.63, 3.8) is 0 Å². The Bertz CT molecular complexity index is 1070. The first-order valence-corrected chi connectivity index (χ1v) is 12.0. The van der Waals surface area contributed by atoms with Gasteiger partial charge in [0.25, 0.3) is 0 Å². The molecule has 0 aliphatic heterocycles. The number of carboxylic acids is 1. The Hall–Kier alpha value is -3.44. The van der Waals surface area contributed by atoms with E-state index >= 15 is 0 Å². The van der Waals surface area contributed by atoms with Crippen LogP contribution in [0.1, 0.15) is 39.7 Å². The van der Waals surface area contributed by atoms with E-state index in [0.29, 0.717) is 6.42 Å². The minimum Gasteiger partial charge on any atom is -0.480 e. The topological polar surface area (TPSA) is 187 Å². The lowest BCUT2D eigenvalue weighted by Gasteiger charge is -2.27. The van der Waals surface area contributed by atoms with Gasteiger partial charge in [0.2, 0.25) is 17.7 Å². The van der Waals surface area contributed by atoms with Crippen LogP contribution in [0.15, 0.2) is 30.5 Å². The molecule has 1 aromatic carbocycles. The molecule has 0 saturated heterocycles. The quantitative estimate of drug-likeness (QED) is 0.204. The molecule has 11 nitrogen and oxygen atoms in total. The second-order valence-electron chi connectivity index (χ2n) is 9.67. The highest BCUT2D eigenvalue weighted by molar-refractivity contribution is 5.95. The molecule has 2 rings (SSSR count). The van der Waals surface area contributed by atoms with Crippen LogP contribution in [0.3, 0.4) is 0 Å². The van der Waals surface area contributed by atoms with Gasteiger partial charge < -0.3 is 36.9 Å². The first kappa shape index (κ1) is 28.8.